The molecule has 3 heterocycles. The van der Waals surface area contributed by atoms with Crippen LogP contribution in [0.3, 0.4) is 0 Å². The van der Waals surface area contributed by atoms with Gasteiger partial charge in [0.2, 0.25) is 5.91 Å². The van der Waals surface area contributed by atoms with Gasteiger partial charge in [0, 0.05) is 16.5 Å². The van der Waals surface area contributed by atoms with Crippen LogP contribution >= 0.6 is 34.7 Å². The molecule has 1 aliphatic rings. The lowest BCUT2D eigenvalue weighted by atomic mass is 10.1. The fourth-order valence-electron chi connectivity index (χ4n) is 3.83. The number of fused-ring (bicyclic) bond motifs is 1. The van der Waals surface area contributed by atoms with E-state index in [2.05, 4.69) is 5.32 Å². The summed E-state index contributed by atoms with van der Waals surface area (Å²) in [6.07, 6.45) is 2.54. The highest BCUT2D eigenvalue weighted by Gasteiger charge is 2.23. The van der Waals surface area contributed by atoms with Crippen molar-refractivity contribution >= 4 is 56.5 Å². The normalized spacial score (nSPS) is 16.1. The van der Waals surface area contributed by atoms with E-state index in [1.807, 2.05) is 13.8 Å². The Balaban J connectivity index is 1.62. The van der Waals surface area contributed by atoms with Gasteiger partial charge in [-0.3, -0.25) is 14.2 Å². The summed E-state index contributed by atoms with van der Waals surface area (Å²) in [7, 11) is 0. The summed E-state index contributed by atoms with van der Waals surface area (Å²) >= 11 is 8.54. The molecule has 32 heavy (non-hydrogen) atoms. The summed E-state index contributed by atoms with van der Waals surface area (Å²) in [6, 6.07) is 3.97. The molecular formula is C22H23ClFN3O3S2. The van der Waals surface area contributed by atoms with E-state index in [-0.39, 0.29) is 23.1 Å². The van der Waals surface area contributed by atoms with Crippen molar-refractivity contribution in [1.82, 2.24) is 9.55 Å². The molecule has 0 saturated carbocycles. The standard InChI is InChI=1S/C22H23ClFN3O3S2/c1-3-15-12(2)32-20-19(15)21(29)27(10-14-5-4-8-30-14)22(26-20)31-11-18(28)25-17-9-13(23)6-7-16(17)24/h6-7,9,14H,3-5,8,10-11H2,1-2H3,(H,25,28). The van der Waals surface area contributed by atoms with Gasteiger partial charge < -0.3 is 10.1 Å². The molecule has 1 atom stereocenters. The van der Waals surface area contributed by atoms with Crippen LogP contribution in [0.15, 0.2) is 28.2 Å². The van der Waals surface area contributed by atoms with Gasteiger partial charge in [-0.05, 0) is 49.9 Å². The van der Waals surface area contributed by atoms with Gasteiger partial charge in [-0.2, -0.15) is 0 Å². The number of halogens is 2. The van der Waals surface area contributed by atoms with E-state index >= 15 is 0 Å². The number of aryl methyl sites for hydroxylation is 2. The van der Waals surface area contributed by atoms with Crippen LogP contribution in [-0.4, -0.2) is 33.9 Å². The van der Waals surface area contributed by atoms with Gasteiger partial charge in [-0.25, -0.2) is 9.37 Å². The molecule has 3 aromatic rings. The highest BCUT2D eigenvalue weighted by atomic mass is 35.5. The maximum Gasteiger partial charge on any atom is 0.263 e. The second kappa shape index (κ2) is 9.91. The van der Waals surface area contributed by atoms with Crippen molar-refractivity contribution in [3.8, 4) is 0 Å². The molecule has 2 aromatic heterocycles. The Labute approximate surface area is 198 Å². The summed E-state index contributed by atoms with van der Waals surface area (Å²) in [4.78, 5) is 32.4. The summed E-state index contributed by atoms with van der Waals surface area (Å²) in [5, 5.41) is 3.97. The minimum Gasteiger partial charge on any atom is -0.376 e. The van der Waals surface area contributed by atoms with E-state index in [4.69, 9.17) is 21.3 Å². The molecule has 0 bridgehead atoms. The SMILES string of the molecule is CCc1c(C)sc2nc(SCC(=O)Nc3cc(Cl)ccc3F)n(CC3CCCO3)c(=O)c12. The van der Waals surface area contributed by atoms with Crippen LogP contribution in [0.25, 0.3) is 10.2 Å². The van der Waals surface area contributed by atoms with Crippen molar-refractivity contribution in [3.05, 3.63) is 49.8 Å². The number of aromatic nitrogens is 2. The van der Waals surface area contributed by atoms with E-state index < -0.39 is 11.7 Å². The minimum atomic E-state index is -0.566. The number of hydrogen-bond acceptors (Lipinski definition) is 6. The molecule has 1 aromatic carbocycles. The number of thiophene rings is 1. The first-order valence-electron chi connectivity index (χ1n) is 10.4. The van der Waals surface area contributed by atoms with Crippen molar-refractivity contribution in [3.63, 3.8) is 0 Å². The molecule has 0 radical (unpaired) electrons. The maximum atomic E-state index is 13.9. The molecular weight excluding hydrogens is 473 g/mol. The Kier molecular flexibility index (Phi) is 7.19. The van der Waals surface area contributed by atoms with Crippen LogP contribution in [0.1, 0.15) is 30.2 Å². The number of anilines is 1. The molecule has 10 heteroatoms. The highest BCUT2D eigenvalue weighted by Crippen LogP contribution is 2.30. The fourth-order valence-corrected chi connectivity index (χ4v) is 5.97. The van der Waals surface area contributed by atoms with Gasteiger partial charge in [0.1, 0.15) is 10.6 Å². The van der Waals surface area contributed by atoms with Gasteiger partial charge in [-0.15, -0.1) is 11.3 Å². The number of hydrogen-bond donors (Lipinski definition) is 1. The molecule has 1 saturated heterocycles. The second-order valence-corrected chi connectivity index (χ2v) is 10.2. The molecule has 4 rings (SSSR count). The lowest BCUT2D eigenvalue weighted by Gasteiger charge is -2.16. The van der Waals surface area contributed by atoms with Gasteiger partial charge in [0.15, 0.2) is 5.16 Å². The fraction of sp³-hybridized carbons (Fsp3) is 0.409. The average Bonchev–Trinajstić information content (AvgIpc) is 3.38. The number of thioether (sulfide) groups is 1. The van der Waals surface area contributed by atoms with E-state index in [0.29, 0.717) is 33.5 Å². The number of ether oxygens (including phenoxy) is 1. The Morgan fingerprint density at radius 3 is 3.00 bits per heavy atom. The molecule has 1 N–H and O–H groups in total. The van der Waals surface area contributed by atoms with Gasteiger partial charge in [-0.1, -0.05) is 30.3 Å². The average molecular weight is 496 g/mol. The number of amides is 1. The maximum absolute atomic E-state index is 13.9. The van der Waals surface area contributed by atoms with Crippen LogP contribution in [0, 0.1) is 12.7 Å². The van der Waals surface area contributed by atoms with E-state index in [1.54, 1.807) is 4.57 Å². The Bertz CT molecular complexity index is 1220. The third-order valence-electron chi connectivity index (χ3n) is 5.38. The van der Waals surface area contributed by atoms with Crippen LogP contribution in [0.5, 0.6) is 0 Å². The molecule has 170 valence electrons. The number of nitrogens with one attached hydrogen (secondary N) is 1. The molecule has 6 nitrogen and oxygen atoms in total. The number of benzene rings is 1. The largest absolute Gasteiger partial charge is 0.376 e. The molecule has 1 fully saturated rings. The first-order valence-corrected chi connectivity index (χ1v) is 12.6. The molecule has 0 spiro atoms. The van der Waals surface area contributed by atoms with E-state index in [1.165, 1.54) is 29.5 Å². The zero-order chi connectivity index (χ0) is 22.8. The Morgan fingerprint density at radius 1 is 1.47 bits per heavy atom. The predicted octanol–water partition coefficient (Wildman–Crippen LogP) is 5.03. The Hall–Kier alpha value is -1.94. The third-order valence-corrected chi connectivity index (χ3v) is 7.63. The van der Waals surface area contributed by atoms with Crippen molar-refractivity contribution in [1.29, 1.82) is 0 Å². The summed E-state index contributed by atoms with van der Waals surface area (Å²) in [5.74, 6) is -1.00. The second-order valence-electron chi connectivity index (χ2n) is 7.58. The smallest absolute Gasteiger partial charge is 0.263 e. The van der Waals surface area contributed by atoms with Crippen LogP contribution in [0.2, 0.25) is 5.02 Å². The predicted molar refractivity (Wildman–Crippen MR) is 128 cm³/mol. The lowest BCUT2D eigenvalue weighted by molar-refractivity contribution is -0.113. The zero-order valence-corrected chi connectivity index (χ0v) is 20.1. The van der Waals surface area contributed by atoms with Crippen LogP contribution in [0.4, 0.5) is 10.1 Å². The summed E-state index contributed by atoms with van der Waals surface area (Å²) in [6.45, 7) is 5.10. The first kappa shape index (κ1) is 23.2. The number of carbonyl (C=O) groups is 1. The number of rotatable bonds is 7. The van der Waals surface area contributed by atoms with Crippen molar-refractivity contribution in [2.75, 3.05) is 17.7 Å². The summed E-state index contributed by atoms with van der Waals surface area (Å²) in [5.41, 5.74) is 0.939. The highest BCUT2D eigenvalue weighted by molar-refractivity contribution is 7.99. The van der Waals surface area contributed by atoms with Gasteiger partial charge >= 0.3 is 0 Å². The third kappa shape index (κ3) is 4.85. The monoisotopic (exact) mass is 495 g/mol. The minimum absolute atomic E-state index is 0.0183. The number of nitrogens with zero attached hydrogens (tertiary/aromatic N) is 2. The number of carbonyl (C=O) groups excluding carboxylic acids is 1. The molecule has 1 aliphatic heterocycles. The molecule has 0 aliphatic carbocycles. The summed E-state index contributed by atoms with van der Waals surface area (Å²) < 4.78 is 21.3. The topological polar surface area (TPSA) is 73.2 Å². The Morgan fingerprint density at radius 2 is 2.28 bits per heavy atom. The van der Waals surface area contributed by atoms with Crippen molar-refractivity contribution < 1.29 is 13.9 Å². The van der Waals surface area contributed by atoms with Crippen LogP contribution < -0.4 is 10.9 Å². The first-order chi connectivity index (χ1) is 15.4. The molecule has 1 unspecified atom stereocenters. The van der Waals surface area contributed by atoms with E-state index in [9.17, 15) is 14.0 Å². The lowest BCUT2D eigenvalue weighted by Crippen LogP contribution is -2.29. The van der Waals surface area contributed by atoms with Gasteiger partial charge in [0.25, 0.3) is 5.56 Å². The molecule has 1 amide bonds. The van der Waals surface area contributed by atoms with Crippen molar-refractivity contribution in [2.24, 2.45) is 0 Å². The zero-order valence-electron chi connectivity index (χ0n) is 17.7. The van der Waals surface area contributed by atoms with Gasteiger partial charge in [0.05, 0.1) is 29.5 Å². The quantitative estimate of drug-likeness (QED) is 0.367. The van der Waals surface area contributed by atoms with Crippen molar-refractivity contribution in [2.45, 2.75) is 50.9 Å². The van der Waals surface area contributed by atoms with E-state index in [0.717, 1.165) is 41.5 Å². The van der Waals surface area contributed by atoms with Crippen LogP contribution in [-0.2, 0) is 22.5 Å².